The molecule has 6 N–H and O–H groups in total. The van der Waals surface area contributed by atoms with Gasteiger partial charge < -0.3 is 16.4 Å². The third kappa shape index (κ3) is 37.1. The molecule has 0 aliphatic heterocycles. The van der Waals surface area contributed by atoms with Gasteiger partial charge in [0.15, 0.2) is 0 Å². The van der Waals surface area contributed by atoms with E-state index in [1.807, 2.05) is 0 Å². The number of hydrogen-bond acceptors (Lipinski definition) is 0. The second-order valence-corrected chi connectivity index (χ2v) is 0. The van der Waals surface area contributed by atoms with Crippen LogP contribution in [0.15, 0.2) is 0 Å². The van der Waals surface area contributed by atoms with E-state index in [-0.39, 0.29) is 82.1 Å². The first kappa shape index (κ1) is 96.7. The van der Waals surface area contributed by atoms with Gasteiger partial charge in [-0.25, -0.2) is 0 Å². The van der Waals surface area contributed by atoms with Crippen molar-refractivity contribution in [3.63, 3.8) is 0 Å². The summed E-state index contributed by atoms with van der Waals surface area (Å²) < 4.78 is 0. The Labute approximate surface area is 81.3 Å². The van der Waals surface area contributed by atoms with E-state index in [1.165, 1.54) is 0 Å². The van der Waals surface area contributed by atoms with Crippen molar-refractivity contribution in [3.8, 4) is 0 Å². The van der Waals surface area contributed by atoms with Crippen LogP contribution in [0.4, 0.5) is 0 Å². The Morgan fingerprint density at radius 3 is 0.500 bits per heavy atom. The monoisotopic (exact) mass is 361 g/mol. The summed E-state index contributed by atoms with van der Waals surface area (Å²) in [5.74, 6) is 0. The Morgan fingerprint density at radius 2 is 0.500 bits per heavy atom. The van der Waals surface area contributed by atoms with Crippen molar-refractivity contribution < 1.29 is 33.2 Å². The predicted molar refractivity (Wildman–Crippen MR) is 30.7 cm³/mol. The van der Waals surface area contributed by atoms with Crippen LogP contribution in [-0.2, 0) is 16.8 Å². The molecule has 6 heteroatoms. The molecule has 0 aliphatic rings. The van der Waals surface area contributed by atoms with Crippen molar-refractivity contribution in [2.24, 2.45) is 0 Å². The first-order valence-electron chi connectivity index (χ1n) is 0. The van der Waals surface area contributed by atoms with Crippen LogP contribution in [-0.4, -0.2) is 65.3 Å². The summed E-state index contributed by atoms with van der Waals surface area (Å²) in [6, 6.07) is 0. The minimum atomic E-state index is 0. The summed E-state index contributed by atoms with van der Waals surface area (Å²) in [5.41, 5.74) is 0. The van der Waals surface area contributed by atoms with Gasteiger partial charge in [0.05, 0.1) is 0 Å². The van der Waals surface area contributed by atoms with Crippen molar-refractivity contribution in [2.45, 2.75) is 0 Å². The normalized spacial score (nSPS) is 0. The molecule has 0 atom stereocenters. The zero-order chi connectivity index (χ0) is 0. The molecule has 0 fully saturated rings. The van der Waals surface area contributed by atoms with Gasteiger partial charge in [-0.3, -0.25) is 0 Å². The summed E-state index contributed by atoms with van der Waals surface area (Å²) in [7, 11) is 0. The molecule has 0 aromatic rings. The third-order valence-electron chi connectivity index (χ3n) is 0. The van der Waals surface area contributed by atoms with Gasteiger partial charge in [-0.1, -0.05) is 0 Å². The van der Waals surface area contributed by atoms with Crippen LogP contribution in [0, 0.1) is 0 Å². The molecule has 1 radical (unpaired) electrons. The maximum absolute atomic E-state index is 0. The van der Waals surface area contributed by atoms with Crippen LogP contribution in [0.1, 0.15) is 0 Å². The SMILES string of the molecule is O.O.O.[Co].[SbH3].[SbH3]. The van der Waals surface area contributed by atoms with Gasteiger partial charge >= 0.3 is 48.9 Å². The molecule has 0 amide bonds. The van der Waals surface area contributed by atoms with Gasteiger partial charge in [-0.15, -0.1) is 0 Å². The molecular formula is H12CoO3Sb2. The Morgan fingerprint density at radius 1 is 0.500 bits per heavy atom. The molecule has 0 rings (SSSR count). The fourth-order valence-electron chi connectivity index (χ4n) is 0. The summed E-state index contributed by atoms with van der Waals surface area (Å²) in [5, 5.41) is 0. The zero-order valence-electron chi connectivity index (χ0n) is 3.25. The van der Waals surface area contributed by atoms with E-state index < -0.39 is 0 Å². The summed E-state index contributed by atoms with van der Waals surface area (Å²) >= 11 is 0. The molecule has 3 nitrogen and oxygen atoms in total. The van der Waals surface area contributed by atoms with Crippen molar-refractivity contribution in [2.75, 3.05) is 0 Å². The van der Waals surface area contributed by atoms with E-state index in [0.717, 1.165) is 0 Å². The van der Waals surface area contributed by atoms with Gasteiger partial charge in [0.1, 0.15) is 0 Å². The second-order valence-electron chi connectivity index (χ2n) is 0. The topological polar surface area (TPSA) is 94.5 Å². The first-order valence-corrected chi connectivity index (χ1v) is 0. The molecule has 0 aromatic carbocycles. The zero-order valence-corrected chi connectivity index (χ0v) is 12.4. The van der Waals surface area contributed by atoms with Gasteiger partial charge in [0.25, 0.3) is 0 Å². The average Bonchev–Trinajstić information content (AvgIpc) is 0. The molecular weight excluding hydrogens is 350 g/mol. The number of hydrogen-bond donors (Lipinski definition) is 0. The van der Waals surface area contributed by atoms with Crippen LogP contribution in [0.2, 0.25) is 0 Å². The molecule has 0 saturated carbocycles. The van der Waals surface area contributed by atoms with Crippen LogP contribution in [0.25, 0.3) is 0 Å². The molecule has 49 valence electrons. The van der Waals surface area contributed by atoms with Gasteiger partial charge in [-0.2, -0.15) is 0 Å². The predicted octanol–water partition coefficient (Wildman–Crippen LogP) is -4.84. The maximum atomic E-state index is 0. The molecule has 0 bridgehead atoms. The second kappa shape index (κ2) is 62.3. The van der Waals surface area contributed by atoms with Crippen molar-refractivity contribution in [1.29, 1.82) is 0 Å². The molecule has 6 heavy (non-hydrogen) atoms. The fourth-order valence-corrected chi connectivity index (χ4v) is 0. The van der Waals surface area contributed by atoms with Crippen LogP contribution < -0.4 is 0 Å². The quantitative estimate of drug-likeness (QED) is 0.387. The Kier molecular flexibility index (Phi) is 1000. The summed E-state index contributed by atoms with van der Waals surface area (Å²) in [6.07, 6.45) is 0. The summed E-state index contributed by atoms with van der Waals surface area (Å²) in [4.78, 5) is 0. The Balaban J connectivity index is 0. The minimum absolute atomic E-state index is 0. The fraction of sp³-hybridized carbons (Fsp3) is 0. The first-order chi connectivity index (χ1) is 0. The number of rotatable bonds is 0. The molecule has 0 saturated heterocycles. The van der Waals surface area contributed by atoms with Gasteiger partial charge in [-0.05, 0) is 0 Å². The Bertz CT molecular complexity index is 8.75. The molecule has 0 heterocycles. The van der Waals surface area contributed by atoms with E-state index in [4.69, 9.17) is 0 Å². The molecule has 0 aliphatic carbocycles. The molecule has 0 aromatic heterocycles. The van der Waals surface area contributed by atoms with Crippen LogP contribution in [0.5, 0.6) is 0 Å². The van der Waals surface area contributed by atoms with E-state index in [2.05, 4.69) is 0 Å². The summed E-state index contributed by atoms with van der Waals surface area (Å²) in [6.45, 7) is 0. The van der Waals surface area contributed by atoms with Crippen molar-refractivity contribution in [1.82, 2.24) is 0 Å². The standard InChI is InChI=1S/Co.3H2O.2Sb.6H/h;3*1H2;;;;;;;;. The molecule has 0 spiro atoms. The van der Waals surface area contributed by atoms with E-state index >= 15 is 0 Å². The van der Waals surface area contributed by atoms with Gasteiger partial charge in [0.2, 0.25) is 0 Å². The third-order valence-corrected chi connectivity index (χ3v) is 0. The van der Waals surface area contributed by atoms with Crippen molar-refractivity contribution >= 4 is 48.9 Å². The van der Waals surface area contributed by atoms with E-state index in [9.17, 15) is 0 Å². The Hall–Kier alpha value is 2.02. The van der Waals surface area contributed by atoms with E-state index in [0.29, 0.717) is 0 Å². The van der Waals surface area contributed by atoms with Gasteiger partial charge in [0, 0.05) is 16.8 Å². The average molecular weight is 363 g/mol. The van der Waals surface area contributed by atoms with Crippen LogP contribution in [0.3, 0.4) is 0 Å². The van der Waals surface area contributed by atoms with Crippen molar-refractivity contribution in [3.05, 3.63) is 0 Å². The van der Waals surface area contributed by atoms with E-state index in [1.54, 1.807) is 0 Å². The molecule has 0 unspecified atom stereocenters. The van der Waals surface area contributed by atoms with Crippen LogP contribution >= 0.6 is 0 Å².